The van der Waals surface area contributed by atoms with Crippen LogP contribution in [-0.2, 0) is 59.3 Å². The summed E-state index contributed by atoms with van der Waals surface area (Å²) in [6.45, 7) is 3.50. The predicted molar refractivity (Wildman–Crippen MR) is 232 cm³/mol. The summed E-state index contributed by atoms with van der Waals surface area (Å²) in [5, 5.41) is 37.2. The number of hydrogen-bond donors (Lipinski definition) is 6. The number of carbonyl (C=O) groups is 4. The molecule has 5 heterocycles. The van der Waals surface area contributed by atoms with Gasteiger partial charge in [-0.15, -0.1) is 0 Å². The largest absolute Gasteiger partial charge is 0.392 e. The van der Waals surface area contributed by atoms with E-state index in [2.05, 4.69) is 23.7 Å². The molecule has 0 unspecified atom stereocenters. The van der Waals surface area contributed by atoms with Crippen LogP contribution in [0, 0.1) is 23.7 Å². The Morgan fingerprint density at radius 1 is 0.692 bits per heavy atom. The lowest BCUT2D eigenvalue weighted by Gasteiger charge is -2.36. The minimum Gasteiger partial charge on any atom is -0.392 e. The van der Waals surface area contributed by atoms with Gasteiger partial charge in [0, 0.05) is 71.6 Å². The summed E-state index contributed by atoms with van der Waals surface area (Å²) < 4.78 is 52.6. The molecule has 0 radical (unpaired) electrons. The molecule has 21 heteroatoms. The summed E-state index contributed by atoms with van der Waals surface area (Å²) in [7, 11) is -7.68. The van der Waals surface area contributed by atoms with Crippen LogP contribution in [0.3, 0.4) is 0 Å². The maximum absolute atomic E-state index is 12.8. The Morgan fingerprint density at radius 3 is 1.40 bits per heavy atom. The van der Waals surface area contributed by atoms with Crippen LogP contribution in [0.2, 0.25) is 0 Å². The van der Waals surface area contributed by atoms with E-state index >= 15 is 0 Å². The first-order chi connectivity index (χ1) is 30.6. The number of carbonyl (C=O) groups excluding carboxylic acids is 4. The van der Waals surface area contributed by atoms with Crippen LogP contribution in [0.1, 0.15) is 71.5 Å². The fraction of sp³-hybridized carbons (Fsp3) is 0.364. The molecule has 344 valence electrons. The third-order valence-corrected chi connectivity index (χ3v) is 16.0. The van der Waals surface area contributed by atoms with Gasteiger partial charge in [0.25, 0.3) is 11.8 Å². The number of hydroxylamine groups is 2. The number of sulfone groups is 2. The fourth-order valence-electron chi connectivity index (χ4n) is 7.11. The molecule has 0 spiro atoms. The van der Waals surface area contributed by atoms with Gasteiger partial charge in [0.2, 0.25) is 0 Å². The first-order valence-electron chi connectivity index (χ1n) is 20.0. The number of amides is 4. The van der Waals surface area contributed by atoms with E-state index in [4.69, 9.17) is 20.3 Å². The van der Waals surface area contributed by atoms with Gasteiger partial charge < -0.3 is 24.7 Å². The van der Waals surface area contributed by atoms with Crippen molar-refractivity contribution >= 4 is 43.6 Å². The molecule has 7 rings (SSSR count). The highest BCUT2D eigenvalue weighted by Gasteiger charge is 2.46. The van der Waals surface area contributed by atoms with Crippen molar-refractivity contribution in [3.63, 3.8) is 0 Å². The van der Waals surface area contributed by atoms with Crippen LogP contribution >= 0.6 is 0 Å². The highest BCUT2D eigenvalue weighted by atomic mass is 32.2. The zero-order valence-corrected chi connectivity index (χ0v) is 37.5. The Morgan fingerprint density at radius 2 is 1.08 bits per heavy atom. The fourth-order valence-corrected chi connectivity index (χ4v) is 8.80. The molecule has 2 atom stereocenters. The van der Waals surface area contributed by atoms with E-state index in [0.717, 1.165) is 34.8 Å². The number of benzene rings is 2. The smallest absolute Gasteiger partial charge is 0.328 e. The van der Waals surface area contributed by atoms with Crippen molar-refractivity contribution in [1.82, 2.24) is 29.9 Å². The van der Waals surface area contributed by atoms with Gasteiger partial charge in [0.15, 0.2) is 29.2 Å². The predicted octanol–water partition coefficient (Wildman–Crippen LogP) is 1.45. The number of ether oxygens (including phenoxy) is 1. The van der Waals surface area contributed by atoms with Crippen molar-refractivity contribution in [2.24, 2.45) is 0 Å². The van der Waals surface area contributed by atoms with Gasteiger partial charge in [-0.1, -0.05) is 47.9 Å². The van der Waals surface area contributed by atoms with Gasteiger partial charge in [-0.2, -0.15) is 0 Å². The van der Waals surface area contributed by atoms with Crippen LogP contribution in [0.25, 0.3) is 0 Å². The number of aliphatic hydroxyl groups is 2. The van der Waals surface area contributed by atoms with Crippen molar-refractivity contribution in [1.29, 1.82) is 0 Å². The van der Waals surface area contributed by atoms with E-state index in [9.17, 15) is 41.1 Å². The van der Waals surface area contributed by atoms with E-state index < -0.39 is 46.6 Å². The molecule has 2 aromatic heterocycles. The van der Waals surface area contributed by atoms with Gasteiger partial charge in [0.1, 0.15) is 5.60 Å². The standard InChI is InChI=1S/C23H25N3O7S.C21H23N3O6S/c1-22(20(27)24-30,34(2,31)32)9-10-25-13-19-11-17(12-26(19)21(25)28)4-3-16-5-7-18(8-6-16)23(29)14-33-15-23;1-21(19(26)22-28,31(2,29)30)9-10-23-13-18-11-17(12-24(18)20(23)27)8-5-15-3-6-16(14-25)7-4-15/h5-8,11-12,29-30H,9-10,13-15H2,1-2H3,(H,24,27);3-4,6-7,11-12,25,28H,9-10,13-14H2,1-2H3,(H,22,26)/t22-;21-/m11/s1. The third kappa shape index (κ3) is 10.0. The lowest BCUT2D eigenvalue weighted by molar-refractivity contribution is -0.184. The monoisotopic (exact) mass is 932 g/mol. The molecule has 4 aromatic rings. The second-order valence-corrected chi connectivity index (χ2v) is 21.3. The van der Waals surface area contributed by atoms with E-state index in [0.29, 0.717) is 22.5 Å². The van der Waals surface area contributed by atoms with E-state index in [1.165, 1.54) is 43.7 Å². The normalized spacial score (nSPS) is 16.8. The first-order valence-corrected chi connectivity index (χ1v) is 23.8. The number of fused-ring (bicyclic) bond motifs is 2. The van der Waals surface area contributed by atoms with Crippen molar-refractivity contribution in [3.8, 4) is 23.7 Å². The first kappa shape index (κ1) is 48.2. The Hall–Kier alpha value is -6.30. The summed E-state index contributed by atoms with van der Waals surface area (Å²) in [6, 6.07) is 17.3. The van der Waals surface area contributed by atoms with Crippen LogP contribution in [0.15, 0.2) is 73.1 Å². The van der Waals surface area contributed by atoms with Crippen LogP contribution in [-0.4, -0.2) is 129 Å². The second kappa shape index (κ2) is 18.7. The Kier molecular flexibility index (Phi) is 13.8. The maximum atomic E-state index is 12.8. The van der Waals surface area contributed by atoms with E-state index in [-0.39, 0.29) is 70.9 Å². The van der Waals surface area contributed by atoms with Gasteiger partial charge >= 0.3 is 12.1 Å². The molecular formula is C44H48N6O13S2. The SMILES string of the molecule is C[C@@](CCN1Cc2cc(C#Cc3ccc(C4(O)COC4)cc3)cn2C1=O)(C(=O)NO)S(C)(=O)=O.C[C@@](CCN1Cc2cc(C#Cc3ccc(CO)cc3)cn2C1=O)(C(=O)NO)S(C)(=O)=O. The van der Waals surface area contributed by atoms with Crippen LogP contribution < -0.4 is 11.0 Å². The summed E-state index contributed by atoms with van der Waals surface area (Å²) in [5.41, 5.74) is 7.70. The van der Waals surface area contributed by atoms with Crippen LogP contribution in [0.5, 0.6) is 0 Å². The maximum Gasteiger partial charge on any atom is 0.328 e. The van der Waals surface area contributed by atoms with E-state index in [1.807, 2.05) is 24.3 Å². The average Bonchev–Trinajstić information content (AvgIpc) is 4.02. The summed E-state index contributed by atoms with van der Waals surface area (Å²) in [5.74, 6) is 9.98. The Balaban J connectivity index is 0.000000216. The number of aliphatic hydroxyl groups excluding tert-OH is 1. The molecule has 1 fully saturated rings. The summed E-state index contributed by atoms with van der Waals surface area (Å²) >= 11 is 0. The Bertz CT molecular complexity index is 2870. The van der Waals surface area contributed by atoms with Crippen LogP contribution in [0.4, 0.5) is 9.59 Å². The third-order valence-electron chi connectivity index (χ3n) is 11.9. The van der Waals surface area contributed by atoms with Crippen molar-refractivity contribution < 1.29 is 61.4 Å². The number of nitrogens with zero attached hydrogens (tertiary/aromatic N) is 4. The quantitative estimate of drug-likeness (QED) is 0.0669. The van der Waals surface area contributed by atoms with Gasteiger partial charge in [-0.3, -0.25) is 29.1 Å². The lowest BCUT2D eigenvalue weighted by Crippen LogP contribution is -2.50. The number of rotatable bonds is 12. The zero-order valence-electron chi connectivity index (χ0n) is 35.9. The second-order valence-electron chi connectivity index (χ2n) is 16.4. The molecule has 4 amide bonds. The molecule has 65 heavy (non-hydrogen) atoms. The molecule has 0 bridgehead atoms. The highest BCUT2D eigenvalue weighted by Crippen LogP contribution is 2.30. The van der Waals surface area contributed by atoms with E-state index in [1.54, 1.807) is 48.8 Å². The molecule has 3 aliphatic heterocycles. The van der Waals surface area contributed by atoms with Gasteiger partial charge in [-0.25, -0.2) is 37.4 Å². The molecule has 19 nitrogen and oxygen atoms in total. The molecular weight excluding hydrogens is 885 g/mol. The minimum atomic E-state index is -3.84. The van der Waals surface area contributed by atoms with Gasteiger partial charge in [0.05, 0.1) is 32.9 Å². The minimum absolute atomic E-state index is 0.0161. The summed E-state index contributed by atoms with van der Waals surface area (Å²) in [6.07, 6.45) is 4.73. The molecule has 1 saturated heterocycles. The zero-order chi connectivity index (χ0) is 47.5. The number of aromatic nitrogens is 2. The lowest BCUT2D eigenvalue weighted by atomic mass is 9.91. The molecule has 3 aliphatic rings. The Labute approximate surface area is 375 Å². The molecule has 2 aromatic carbocycles. The number of nitrogens with one attached hydrogen (secondary N) is 2. The summed E-state index contributed by atoms with van der Waals surface area (Å²) in [4.78, 5) is 52.2. The number of hydrogen-bond acceptors (Lipinski definition) is 13. The molecule has 0 saturated carbocycles. The van der Waals surface area contributed by atoms with Crippen molar-refractivity contribution in [3.05, 3.63) is 118 Å². The molecule has 0 aliphatic carbocycles. The van der Waals surface area contributed by atoms with Crippen molar-refractivity contribution in [2.75, 3.05) is 38.8 Å². The average molecular weight is 933 g/mol. The highest BCUT2D eigenvalue weighted by molar-refractivity contribution is 7.93. The van der Waals surface area contributed by atoms with Gasteiger partial charge in [-0.05, 0) is 74.2 Å². The molecule has 6 N–H and O–H groups in total. The topological polar surface area (TPSA) is 267 Å². The van der Waals surface area contributed by atoms with Crippen molar-refractivity contribution in [2.45, 2.75) is 61.5 Å².